The van der Waals surface area contributed by atoms with Gasteiger partial charge in [-0.05, 0) is 37.6 Å². The van der Waals surface area contributed by atoms with Crippen molar-refractivity contribution >= 4 is 51.4 Å². The number of methoxy groups -OCH3 is 2. The summed E-state index contributed by atoms with van der Waals surface area (Å²) in [5.41, 5.74) is 1.09. The quantitative estimate of drug-likeness (QED) is 0.255. The van der Waals surface area contributed by atoms with E-state index in [0.29, 0.717) is 70.6 Å². The van der Waals surface area contributed by atoms with E-state index in [1.165, 1.54) is 6.08 Å². The molecular formula is C32H40Cl2N6O4. The molecule has 2 aromatic heterocycles. The van der Waals surface area contributed by atoms with Gasteiger partial charge in [0.05, 0.1) is 42.6 Å². The van der Waals surface area contributed by atoms with Crippen molar-refractivity contribution in [1.82, 2.24) is 19.8 Å². The number of halogens is 2. The summed E-state index contributed by atoms with van der Waals surface area (Å²) in [6.07, 6.45) is 4.41. The number of fused-ring (bicyclic) bond motifs is 1. The van der Waals surface area contributed by atoms with Gasteiger partial charge in [-0.25, -0.2) is 9.97 Å². The zero-order valence-corrected chi connectivity index (χ0v) is 27.0. The van der Waals surface area contributed by atoms with E-state index in [0.717, 1.165) is 49.9 Å². The molecule has 0 spiro atoms. The topological polar surface area (TPSA) is 101 Å². The van der Waals surface area contributed by atoms with Gasteiger partial charge < -0.3 is 29.7 Å². The molecule has 0 radical (unpaired) electrons. The maximum absolute atomic E-state index is 12.1. The molecule has 10 nitrogen and oxygen atoms in total. The number of benzene rings is 1. The Labute approximate surface area is 268 Å². The summed E-state index contributed by atoms with van der Waals surface area (Å²) in [6, 6.07) is 5.51. The van der Waals surface area contributed by atoms with Gasteiger partial charge in [-0.3, -0.25) is 9.69 Å². The molecule has 44 heavy (non-hydrogen) atoms. The number of aromatic nitrogens is 2. The molecule has 2 N–H and O–H groups in total. The first-order valence-electron chi connectivity index (χ1n) is 14.9. The molecule has 2 aliphatic heterocycles. The van der Waals surface area contributed by atoms with Crippen molar-refractivity contribution in [3.8, 4) is 22.8 Å². The van der Waals surface area contributed by atoms with Crippen LogP contribution in [0.5, 0.6) is 11.5 Å². The van der Waals surface area contributed by atoms with Crippen LogP contribution in [-0.4, -0.2) is 105 Å². The summed E-state index contributed by atoms with van der Waals surface area (Å²) >= 11 is 13.6. The molecule has 0 saturated carbocycles. The summed E-state index contributed by atoms with van der Waals surface area (Å²) in [5, 5.41) is 9.53. The molecule has 3 aromatic rings. The minimum Gasteiger partial charge on any atom is -0.495 e. The summed E-state index contributed by atoms with van der Waals surface area (Å²) in [7, 11) is 5.25. The van der Waals surface area contributed by atoms with Crippen LogP contribution in [0.25, 0.3) is 22.0 Å². The van der Waals surface area contributed by atoms with E-state index in [4.69, 9.17) is 47.4 Å². The van der Waals surface area contributed by atoms with Gasteiger partial charge in [0, 0.05) is 80.9 Å². The van der Waals surface area contributed by atoms with Crippen LogP contribution < -0.4 is 20.1 Å². The highest BCUT2D eigenvalue weighted by Crippen LogP contribution is 2.46. The number of ether oxygens (including phenoxy) is 3. The Morgan fingerprint density at radius 1 is 1.14 bits per heavy atom. The Hall–Kier alpha value is -3.15. The second-order valence-electron chi connectivity index (χ2n) is 11.3. The Morgan fingerprint density at radius 2 is 1.86 bits per heavy atom. The first kappa shape index (κ1) is 32.2. The number of anilines is 2. The predicted octanol–water partition coefficient (Wildman–Crippen LogP) is 5.24. The normalized spacial score (nSPS) is 19.5. The Balaban J connectivity index is 1.50. The van der Waals surface area contributed by atoms with E-state index in [1.807, 2.05) is 12.1 Å². The lowest BCUT2D eigenvalue weighted by Crippen LogP contribution is -2.45. The molecule has 0 bridgehead atoms. The van der Waals surface area contributed by atoms with Gasteiger partial charge in [0.25, 0.3) is 0 Å². The van der Waals surface area contributed by atoms with E-state index >= 15 is 0 Å². The third-order valence-electron chi connectivity index (χ3n) is 8.38. The average molecular weight is 644 g/mol. The number of carbonyl (C=O) groups is 1. The van der Waals surface area contributed by atoms with E-state index in [2.05, 4.69) is 34.1 Å². The monoisotopic (exact) mass is 642 g/mol. The number of nitrogens with zero attached hydrogens (tertiary/aromatic N) is 4. The second-order valence-corrected chi connectivity index (χ2v) is 12.0. The number of hydrogen-bond acceptors (Lipinski definition) is 10. The highest BCUT2D eigenvalue weighted by molar-refractivity contribution is 6.41. The molecule has 2 atom stereocenters. The predicted molar refractivity (Wildman–Crippen MR) is 177 cm³/mol. The van der Waals surface area contributed by atoms with E-state index in [9.17, 15) is 4.79 Å². The van der Waals surface area contributed by atoms with Crippen LogP contribution in [-0.2, 0) is 9.53 Å². The van der Waals surface area contributed by atoms with Gasteiger partial charge in [0.1, 0.15) is 23.1 Å². The number of allylic oxidation sites excluding steroid dienone is 1. The number of pyridine rings is 2. The van der Waals surface area contributed by atoms with Crippen LogP contribution in [0.4, 0.5) is 11.6 Å². The van der Waals surface area contributed by atoms with Crippen molar-refractivity contribution < 1.29 is 19.0 Å². The standard InChI is InChI=1S/C32H40Cl2N6O4/c1-5-22(41)14-20-6-13-44-19-25(20)37-28-16-23-21(18-36-28)15-24(29-30(33)26(42-3)17-27(43-4)31(29)34)38-32(23)35-7-8-40-11-9-39(2)10-12-40/h5,15-18,20,25H,1,6-14,19H2,2-4H3,(H,35,38)(H,36,37)/t20-,25-/m1/s1. The van der Waals surface area contributed by atoms with Gasteiger partial charge >= 0.3 is 0 Å². The number of carbonyl (C=O) groups excluding carboxylic acids is 1. The fraction of sp³-hybridized carbons (Fsp3) is 0.469. The first-order valence-corrected chi connectivity index (χ1v) is 15.6. The van der Waals surface area contributed by atoms with E-state index < -0.39 is 0 Å². The first-order chi connectivity index (χ1) is 21.3. The lowest BCUT2D eigenvalue weighted by atomic mass is 9.89. The Kier molecular flexibility index (Phi) is 10.8. The fourth-order valence-electron chi connectivity index (χ4n) is 5.72. The highest BCUT2D eigenvalue weighted by atomic mass is 35.5. The van der Waals surface area contributed by atoms with E-state index in [1.54, 1.807) is 26.5 Å². The minimum atomic E-state index is -0.0552. The molecule has 2 fully saturated rings. The van der Waals surface area contributed by atoms with Gasteiger partial charge in [-0.15, -0.1) is 0 Å². The number of piperazine rings is 1. The Bertz CT molecular complexity index is 1470. The van der Waals surface area contributed by atoms with Gasteiger partial charge in [0.2, 0.25) is 0 Å². The maximum Gasteiger partial charge on any atom is 0.155 e. The van der Waals surface area contributed by atoms with Crippen molar-refractivity contribution in [3.05, 3.63) is 47.1 Å². The van der Waals surface area contributed by atoms with E-state index in [-0.39, 0.29) is 17.7 Å². The van der Waals surface area contributed by atoms with Crippen molar-refractivity contribution in [2.75, 3.05) is 84.4 Å². The van der Waals surface area contributed by atoms with Crippen molar-refractivity contribution in [2.24, 2.45) is 5.92 Å². The smallest absolute Gasteiger partial charge is 0.155 e. The minimum absolute atomic E-state index is 0.0326. The number of likely N-dealkylation sites (N-methyl/N-ethyl adjacent to an activating group) is 1. The van der Waals surface area contributed by atoms with Crippen molar-refractivity contribution in [3.63, 3.8) is 0 Å². The molecule has 236 valence electrons. The van der Waals surface area contributed by atoms with Gasteiger partial charge in [-0.2, -0.15) is 0 Å². The molecule has 5 rings (SSSR count). The molecule has 0 amide bonds. The molecule has 0 aliphatic carbocycles. The molecule has 4 heterocycles. The number of rotatable bonds is 12. The van der Waals surface area contributed by atoms with Crippen LogP contribution in [0, 0.1) is 5.92 Å². The van der Waals surface area contributed by atoms with Crippen LogP contribution in [0.3, 0.4) is 0 Å². The SMILES string of the molecule is C=CC(=O)C[C@H]1CCOC[C@H]1Nc1cc2c(NCCN3CCN(C)CC3)nc(-c3c(Cl)c(OC)cc(OC)c3Cl)cc2cn1. The third kappa shape index (κ3) is 7.38. The molecule has 2 aliphatic rings. The molecule has 12 heteroatoms. The molecule has 0 unspecified atom stereocenters. The summed E-state index contributed by atoms with van der Waals surface area (Å²) < 4.78 is 16.8. The van der Waals surface area contributed by atoms with Crippen molar-refractivity contribution in [2.45, 2.75) is 18.9 Å². The Morgan fingerprint density at radius 3 is 2.55 bits per heavy atom. The molecule has 1 aromatic carbocycles. The van der Waals surface area contributed by atoms with Crippen LogP contribution >= 0.6 is 23.2 Å². The fourth-order valence-corrected chi connectivity index (χ4v) is 6.41. The maximum atomic E-state index is 12.1. The summed E-state index contributed by atoms with van der Waals surface area (Å²) in [5.74, 6) is 2.40. The lowest BCUT2D eigenvalue weighted by Gasteiger charge is -2.32. The summed E-state index contributed by atoms with van der Waals surface area (Å²) in [4.78, 5) is 26.7. The van der Waals surface area contributed by atoms with Gasteiger partial charge in [0.15, 0.2) is 5.78 Å². The van der Waals surface area contributed by atoms with Crippen molar-refractivity contribution in [1.29, 1.82) is 0 Å². The number of nitrogens with one attached hydrogen (secondary N) is 2. The summed E-state index contributed by atoms with van der Waals surface area (Å²) in [6.45, 7) is 10.5. The second kappa shape index (κ2) is 14.8. The average Bonchev–Trinajstić information content (AvgIpc) is 3.03. The zero-order valence-electron chi connectivity index (χ0n) is 25.5. The molecule has 2 saturated heterocycles. The number of hydrogen-bond donors (Lipinski definition) is 2. The van der Waals surface area contributed by atoms with Crippen LogP contribution in [0.2, 0.25) is 10.0 Å². The highest BCUT2D eigenvalue weighted by Gasteiger charge is 2.28. The van der Waals surface area contributed by atoms with Gasteiger partial charge in [-0.1, -0.05) is 29.8 Å². The molecular weight excluding hydrogens is 603 g/mol. The zero-order chi connectivity index (χ0) is 31.2. The third-order valence-corrected chi connectivity index (χ3v) is 9.13. The largest absolute Gasteiger partial charge is 0.495 e. The van der Waals surface area contributed by atoms with Crippen LogP contribution in [0.15, 0.2) is 37.1 Å². The number of ketones is 1. The lowest BCUT2D eigenvalue weighted by molar-refractivity contribution is -0.116. The van der Waals surface area contributed by atoms with Crippen LogP contribution in [0.1, 0.15) is 12.8 Å².